The summed E-state index contributed by atoms with van der Waals surface area (Å²) in [6, 6.07) is 21.8. The Morgan fingerprint density at radius 3 is 2.56 bits per heavy atom. The van der Waals surface area contributed by atoms with Crippen LogP contribution >= 0.6 is 0 Å². The number of ether oxygens (including phenoxy) is 1. The van der Waals surface area contributed by atoms with Crippen molar-refractivity contribution in [2.75, 3.05) is 7.11 Å². The first kappa shape index (κ1) is 21.3. The van der Waals surface area contributed by atoms with E-state index in [9.17, 15) is 9.18 Å². The summed E-state index contributed by atoms with van der Waals surface area (Å²) in [4.78, 5) is 13.1. The lowest BCUT2D eigenvalue weighted by atomic mass is 9.97. The number of methoxy groups -OCH3 is 1. The molecule has 1 unspecified atom stereocenters. The molecule has 0 saturated heterocycles. The summed E-state index contributed by atoms with van der Waals surface area (Å²) in [7, 11) is 1.42. The Kier molecular flexibility index (Phi) is 6.31. The second-order valence-corrected chi connectivity index (χ2v) is 7.54. The van der Waals surface area contributed by atoms with E-state index in [0.29, 0.717) is 17.7 Å². The molecule has 0 aliphatic heterocycles. The van der Waals surface area contributed by atoms with E-state index in [0.717, 1.165) is 16.7 Å². The van der Waals surface area contributed by atoms with Crippen LogP contribution in [0, 0.1) is 5.82 Å². The predicted octanol–water partition coefficient (Wildman–Crippen LogP) is 5.24. The number of aromatic nitrogens is 2. The molecule has 4 aromatic rings. The molecule has 1 atom stereocenters. The number of benzene rings is 3. The monoisotopic (exact) mass is 429 g/mol. The maximum atomic E-state index is 14.1. The van der Waals surface area contributed by atoms with E-state index >= 15 is 0 Å². The van der Waals surface area contributed by atoms with Crippen molar-refractivity contribution in [1.82, 2.24) is 15.1 Å². The summed E-state index contributed by atoms with van der Waals surface area (Å²) in [6.07, 6.45) is 3.67. The Morgan fingerprint density at radius 2 is 1.88 bits per heavy atom. The zero-order chi connectivity index (χ0) is 22.5. The molecule has 0 fully saturated rings. The maximum absolute atomic E-state index is 14.1. The lowest BCUT2D eigenvalue weighted by Crippen LogP contribution is -2.27. The van der Waals surface area contributed by atoms with Gasteiger partial charge in [-0.25, -0.2) is 4.39 Å². The minimum absolute atomic E-state index is 0.175. The van der Waals surface area contributed by atoms with Gasteiger partial charge in [0.2, 0.25) is 0 Å². The van der Waals surface area contributed by atoms with E-state index in [1.165, 1.54) is 13.2 Å². The van der Waals surface area contributed by atoms with E-state index < -0.39 is 5.82 Å². The first-order valence-electron chi connectivity index (χ1n) is 10.3. The molecule has 1 heterocycles. The number of nitrogens with zero attached hydrogens (tertiary/aromatic N) is 2. The number of rotatable bonds is 7. The van der Waals surface area contributed by atoms with Gasteiger partial charge in [-0.3, -0.25) is 9.48 Å². The molecule has 0 radical (unpaired) electrons. The van der Waals surface area contributed by atoms with Gasteiger partial charge in [0, 0.05) is 18.0 Å². The van der Waals surface area contributed by atoms with Crippen LogP contribution in [0.3, 0.4) is 0 Å². The quantitative estimate of drug-likeness (QED) is 0.437. The molecule has 1 amide bonds. The first-order valence-corrected chi connectivity index (χ1v) is 10.3. The van der Waals surface area contributed by atoms with Crippen LogP contribution in [-0.4, -0.2) is 22.8 Å². The molecule has 1 N–H and O–H groups in total. The number of carbonyl (C=O) groups is 1. The Morgan fingerprint density at radius 1 is 1.09 bits per heavy atom. The number of carbonyl (C=O) groups excluding carboxylic acids is 1. The van der Waals surface area contributed by atoms with Gasteiger partial charge in [0.15, 0.2) is 11.6 Å². The lowest BCUT2D eigenvalue weighted by Gasteiger charge is -2.17. The molecule has 6 heteroatoms. The molecule has 0 bridgehead atoms. The molecule has 3 aromatic carbocycles. The Balaban J connectivity index is 1.52. The summed E-state index contributed by atoms with van der Waals surface area (Å²) in [5.74, 6) is -0.500. The third-order valence-corrected chi connectivity index (χ3v) is 5.36. The molecule has 5 nitrogen and oxygen atoms in total. The summed E-state index contributed by atoms with van der Waals surface area (Å²) in [6.45, 7) is 2.51. The Labute approximate surface area is 186 Å². The van der Waals surface area contributed by atoms with Gasteiger partial charge in [-0.15, -0.1) is 0 Å². The van der Waals surface area contributed by atoms with E-state index in [2.05, 4.69) is 10.4 Å². The summed E-state index contributed by atoms with van der Waals surface area (Å²) < 4.78 is 20.9. The minimum atomic E-state index is -0.457. The van der Waals surface area contributed by atoms with Crippen molar-refractivity contribution < 1.29 is 13.9 Å². The van der Waals surface area contributed by atoms with Gasteiger partial charge in [-0.1, -0.05) is 48.5 Å². The Bertz CT molecular complexity index is 1200. The van der Waals surface area contributed by atoms with Gasteiger partial charge >= 0.3 is 0 Å². The van der Waals surface area contributed by atoms with E-state index in [1.807, 2.05) is 66.3 Å². The van der Waals surface area contributed by atoms with Crippen molar-refractivity contribution in [3.63, 3.8) is 0 Å². The van der Waals surface area contributed by atoms with Gasteiger partial charge < -0.3 is 10.1 Å². The van der Waals surface area contributed by atoms with Crippen LogP contribution in [-0.2, 0) is 6.54 Å². The van der Waals surface area contributed by atoms with Gasteiger partial charge in [0.1, 0.15) is 0 Å². The fourth-order valence-corrected chi connectivity index (χ4v) is 3.61. The first-order chi connectivity index (χ1) is 15.5. The zero-order valence-electron chi connectivity index (χ0n) is 18.0. The lowest BCUT2D eigenvalue weighted by molar-refractivity contribution is 0.0940. The van der Waals surface area contributed by atoms with E-state index in [-0.39, 0.29) is 17.7 Å². The minimum Gasteiger partial charge on any atom is -0.494 e. The van der Waals surface area contributed by atoms with Gasteiger partial charge in [0.25, 0.3) is 5.91 Å². The van der Waals surface area contributed by atoms with Crippen LogP contribution in [0.2, 0.25) is 0 Å². The SMILES string of the molecule is COc1ccc(C(C)NC(=O)c2ccccc2-c2ccc(Cn3cccn3)cc2)cc1F. The van der Waals surface area contributed by atoms with Crippen LogP contribution in [0.5, 0.6) is 5.75 Å². The third-order valence-electron chi connectivity index (χ3n) is 5.36. The number of hydrogen-bond acceptors (Lipinski definition) is 3. The molecule has 1 aromatic heterocycles. The molecule has 4 rings (SSSR count). The fraction of sp³-hybridized carbons (Fsp3) is 0.154. The topological polar surface area (TPSA) is 56.1 Å². The molecule has 0 aliphatic carbocycles. The van der Waals surface area contributed by atoms with Gasteiger partial charge in [-0.2, -0.15) is 5.10 Å². The Hall–Kier alpha value is -3.93. The van der Waals surface area contributed by atoms with Crippen LogP contribution in [0.25, 0.3) is 11.1 Å². The number of nitrogens with one attached hydrogen (secondary N) is 1. The molecule has 32 heavy (non-hydrogen) atoms. The normalized spacial score (nSPS) is 11.7. The standard InChI is InChI=1S/C26H24FN3O2/c1-18(21-12-13-25(32-2)24(27)16-21)29-26(31)23-7-4-3-6-22(23)20-10-8-19(9-11-20)17-30-15-5-14-28-30/h3-16,18H,17H2,1-2H3,(H,29,31). The average Bonchev–Trinajstić information content (AvgIpc) is 3.32. The van der Waals surface area contributed by atoms with Crippen molar-refractivity contribution in [2.24, 2.45) is 0 Å². The van der Waals surface area contributed by atoms with Crippen LogP contribution < -0.4 is 10.1 Å². The van der Waals surface area contributed by atoms with Crippen molar-refractivity contribution in [3.05, 3.63) is 108 Å². The molecule has 162 valence electrons. The fourth-order valence-electron chi connectivity index (χ4n) is 3.61. The highest BCUT2D eigenvalue weighted by Crippen LogP contribution is 2.26. The van der Waals surface area contributed by atoms with Crippen LogP contribution in [0.15, 0.2) is 85.2 Å². The number of halogens is 1. The second-order valence-electron chi connectivity index (χ2n) is 7.54. The van der Waals surface area contributed by atoms with Crippen molar-refractivity contribution in [3.8, 4) is 16.9 Å². The predicted molar refractivity (Wildman–Crippen MR) is 122 cm³/mol. The van der Waals surface area contributed by atoms with Crippen molar-refractivity contribution >= 4 is 5.91 Å². The molecular weight excluding hydrogens is 405 g/mol. The summed E-state index contributed by atoms with van der Waals surface area (Å²) in [5.41, 5.74) is 4.13. The highest BCUT2D eigenvalue weighted by Gasteiger charge is 2.17. The average molecular weight is 429 g/mol. The number of hydrogen-bond donors (Lipinski definition) is 1. The van der Waals surface area contributed by atoms with Crippen LogP contribution in [0.1, 0.15) is 34.5 Å². The van der Waals surface area contributed by atoms with Crippen molar-refractivity contribution in [1.29, 1.82) is 0 Å². The highest BCUT2D eigenvalue weighted by atomic mass is 19.1. The van der Waals surface area contributed by atoms with Gasteiger partial charge in [0.05, 0.1) is 19.7 Å². The van der Waals surface area contributed by atoms with Gasteiger partial charge in [-0.05, 0) is 53.4 Å². The molecule has 0 saturated carbocycles. The molecule has 0 spiro atoms. The van der Waals surface area contributed by atoms with E-state index in [1.54, 1.807) is 24.4 Å². The smallest absolute Gasteiger partial charge is 0.252 e. The zero-order valence-corrected chi connectivity index (χ0v) is 18.0. The molecular formula is C26H24FN3O2. The molecule has 0 aliphatic rings. The van der Waals surface area contributed by atoms with Crippen LogP contribution in [0.4, 0.5) is 4.39 Å². The largest absolute Gasteiger partial charge is 0.494 e. The van der Waals surface area contributed by atoms with E-state index in [4.69, 9.17) is 4.74 Å². The summed E-state index contributed by atoms with van der Waals surface area (Å²) >= 11 is 0. The third kappa shape index (κ3) is 4.70. The summed E-state index contributed by atoms with van der Waals surface area (Å²) in [5, 5.41) is 7.20. The van der Waals surface area contributed by atoms with Crippen molar-refractivity contribution in [2.45, 2.75) is 19.5 Å². The second kappa shape index (κ2) is 9.47. The number of amides is 1. The highest BCUT2D eigenvalue weighted by molar-refractivity contribution is 6.01. The maximum Gasteiger partial charge on any atom is 0.252 e.